The maximum atomic E-state index is 5.91. The summed E-state index contributed by atoms with van der Waals surface area (Å²) in [5.74, 6) is 0. The van der Waals surface area contributed by atoms with Crippen LogP contribution >= 0.6 is 0 Å². The van der Waals surface area contributed by atoms with Gasteiger partial charge in [0, 0.05) is 6.61 Å². The zero-order valence-electron chi connectivity index (χ0n) is 15.2. The average Bonchev–Trinajstić information content (AvgIpc) is 2.58. The van der Waals surface area contributed by atoms with Crippen LogP contribution in [0.15, 0.2) is 36.5 Å². The lowest BCUT2D eigenvalue weighted by Gasteiger charge is -2.23. The average molecular weight is 321 g/mol. The molecular weight excluding hydrogens is 284 g/mol. The van der Waals surface area contributed by atoms with Gasteiger partial charge >= 0.3 is 0 Å². The Kier molecular flexibility index (Phi) is 11.9. The first-order chi connectivity index (χ1) is 11.3. The number of hydrogen-bond acceptors (Lipinski definition) is 2. The van der Waals surface area contributed by atoms with Gasteiger partial charge in [-0.2, -0.15) is 0 Å². The highest BCUT2D eigenvalue weighted by molar-refractivity contribution is 5.19. The van der Waals surface area contributed by atoms with E-state index < -0.39 is 0 Å². The van der Waals surface area contributed by atoms with Crippen LogP contribution in [0.2, 0.25) is 0 Å². The number of ether oxygens (including phenoxy) is 2. The smallest absolute Gasteiger partial charge is 0.157 e. The lowest BCUT2D eigenvalue weighted by atomic mass is 9.94. The topological polar surface area (TPSA) is 18.5 Å². The largest absolute Gasteiger partial charge is 0.353 e. The Bertz CT molecular complexity index is 351. The lowest BCUT2D eigenvalue weighted by Crippen LogP contribution is -2.22. The molecule has 1 rings (SSSR count). The molecule has 1 unspecified atom stereocenters. The monoisotopic (exact) mass is 320 g/mol. The quantitative estimate of drug-likeness (QED) is 0.291. The van der Waals surface area contributed by atoms with E-state index >= 15 is 0 Å². The summed E-state index contributed by atoms with van der Waals surface area (Å²) in [4.78, 5) is 0. The normalized spacial score (nSPS) is 19.3. The van der Waals surface area contributed by atoms with E-state index in [0.717, 1.165) is 38.9 Å². The minimum absolute atomic E-state index is 0.0149. The van der Waals surface area contributed by atoms with Gasteiger partial charge in [0.2, 0.25) is 0 Å². The standard InChI is InChI=1S/C21H36O2/c1-4-7-8-9-14-19(12-5-2)20(13-6-3)16-18-23-21-15-10-11-17-22-21/h5-6,21H,2-4,7-18H2,1H3/b20-19-. The Morgan fingerprint density at radius 3 is 2.39 bits per heavy atom. The van der Waals surface area contributed by atoms with Crippen molar-refractivity contribution >= 4 is 0 Å². The molecule has 0 aromatic heterocycles. The van der Waals surface area contributed by atoms with Crippen LogP contribution in [-0.2, 0) is 9.47 Å². The van der Waals surface area contributed by atoms with E-state index in [1.807, 2.05) is 12.2 Å². The highest BCUT2D eigenvalue weighted by Gasteiger charge is 2.14. The molecule has 1 atom stereocenters. The third-order valence-electron chi connectivity index (χ3n) is 4.46. The van der Waals surface area contributed by atoms with Gasteiger partial charge in [0.05, 0.1) is 6.61 Å². The van der Waals surface area contributed by atoms with Crippen LogP contribution < -0.4 is 0 Å². The lowest BCUT2D eigenvalue weighted by molar-refractivity contribution is -0.161. The molecule has 1 saturated heterocycles. The van der Waals surface area contributed by atoms with E-state index in [-0.39, 0.29) is 6.29 Å². The van der Waals surface area contributed by atoms with Crippen LogP contribution in [0.5, 0.6) is 0 Å². The fourth-order valence-electron chi connectivity index (χ4n) is 3.12. The summed E-state index contributed by atoms with van der Waals surface area (Å²) in [5, 5.41) is 0. The SMILES string of the molecule is C=CC/C(CCCCCC)=C(\CC=C)CCOC1CCCCO1. The predicted molar refractivity (Wildman–Crippen MR) is 99.6 cm³/mol. The predicted octanol–water partition coefficient (Wildman–Crippen LogP) is 6.34. The molecule has 1 heterocycles. The zero-order valence-corrected chi connectivity index (χ0v) is 15.2. The molecule has 0 N–H and O–H groups in total. The molecule has 0 radical (unpaired) electrons. The van der Waals surface area contributed by atoms with Crippen molar-refractivity contribution in [1.29, 1.82) is 0 Å². The van der Waals surface area contributed by atoms with Crippen LogP contribution in [0.1, 0.15) is 77.6 Å². The molecule has 0 aliphatic carbocycles. The van der Waals surface area contributed by atoms with Gasteiger partial charge < -0.3 is 9.47 Å². The Labute approximate surface area is 143 Å². The number of unbranched alkanes of at least 4 members (excludes halogenated alkanes) is 3. The molecule has 132 valence electrons. The second-order valence-corrected chi connectivity index (χ2v) is 6.42. The molecule has 0 aromatic rings. The fourth-order valence-corrected chi connectivity index (χ4v) is 3.12. The van der Waals surface area contributed by atoms with Gasteiger partial charge in [-0.3, -0.25) is 0 Å². The molecule has 23 heavy (non-hydrogen) atoms. The summed E-state index contributed by atoms with van der Waals surface area (Å²) >= 11 is 0. The number of allylic oxidation sites excluding steroid dienone is 3. The summed E-state index contributed by atoms with van der Waals surface area (Å²) in [7, 11) is 0. The Balaban J connectivity index is 2.49. The molecule has 2 nitrogen and oxygen atoms in total. The second kappa shape index (κ2) is 13.6. The molecule has 0 amide bonds. The number of hydrogen-bond donors (Lipinski definition) is 0. The Morgan fingerprint density at radius 1 is 1.04 bits per heavy atom. The first-order valence-corrected chi connectivity index (χ1v) is 9.46. The molecule has 0 aromatic carbocycles. The van der Waals surface area contributed by atoms with Gasteiger partial charge in [0.25, 0.3) is 0 Å². The molecule has 2 heteroatoms. The fraction of sp³-hybridized carbons (Fsp3) is 0.714. The molecule has 1 fully saturated rings. The first kappa shape index (κ1) is 20.2. The van der Waals surface area contributed by atoms with Crippen molar-refractivity contribution in [1.82, 2.24) is 0 Å². The van der Waals surface area contributed by atoms with Crippen molar-refractivity contribution in [2.75, 3.05) is 13.2 Å². The van der Waals surface area contributed by atoms with Crippen LogP contribution in [0, 0.1) is 0 Å². The minimum atomic E-state index is 0.0149. The van der Waals surface area contributed by atoms with Gasteiger partial charge in [-0.25, -0.2) is 0 Å². The second-order valence-electron chi connectivity index (χ2n) is 6.42. The van der Waals surface area contributed by atoms with Crippen molar-refractivity contribution in [2.45, 2.75) is 83.8 Å². The molecule has 1 aliphatic heterocycles. The first-order valence-electron chi connectivity index (χ1n) is 9.46. The third-order valence-corrected chi connectivity index (χ3v) is 4.46. The van der Waals surface area contributed by atoms with E-state index in [1.165, 1.54) is 50.5 Å². The summed E-state index contributed by atoms with van der Waals surface area (Å²) in [6.45, 7) is 11.7. The highest BCUT2D eigenvalue weighted by atomic mass is 16.7. The van der Waals surface area contributed by atoms with Gasteiger partial charge in [-0.15, -0.1) is 13.2 Å². The van der Waals surface area contributed by atoms with Crippen molar-refractivity contribution in [3.63, 3.8) is 0 Å². The highest BCUT2D eigenvalue weighted by Crippen LogP contribution is 2.24. The summed E-state index contributed by atoms with van der Waals surface area (Å²) < 4.78 is 11.6. The molecule has 0 spiro atoms. The van der Waals surface area contributed by atoms with E-state index in [0.29, 0.717) is 0 Å². The van der Waals surface area contributed by atoms with E-state index in [1.54, 1.807) is 5.57 Å². The van der Waals surface area contributed by atoms with Crippen LogP contribution in [0.4, 0.5) is 0 Å². The maximum Gasteiger partial charge on any atom is 0.157 e. The number of rotatable bonds is 13. The van der Waals surface area contributed by atoms with Crippen molar-refractivity contribution in [3.05, 3.63) is 36.5 Å². The third kappa shape index (κ3) is 9.12. The zero-order chi connectivity index (χ0) is 16.8. The summed E-state index contributed by atoms with van der Waals surface area (Å²) in [6.07, 6.45) is 16.9. The molecular formula is C21H36O2. The maximum absolute atomic E-state index is 5.91. The van der Waals surface area contributed by atoms with Crippen LogP contribution in [-0.4, -0.2) is 19.5 Å². The van der Waals surface area contributed by atoms with Crippen molar-refractivity contribution in [3.8, 4) is 0 Å². The van der Waals surface area contributed by atoms with Gasteiger partial charge in [-0.1, -0.05) is 49.5 Å². The molecule has 0 saturated carbocycles. The van der Waals surface area contributed by atoms with E-state index in [4.69, 9.17) is 9.47 Å². The summed E-state index contributed by atoms with van der Waals surface area (Å²) in [6, 6.07) is 0. The van der Waals surface area contributed by atoms with Gasteiger partial charge in [0.1, 0.15) is 0 Å². The van der Waals surface area contributed by atoms with Gasteiger partial charge in [0.15, 0.2) is 6.29 Å². The van der Waals surface area contributed by atoms with Crippen LogP contribution in [0.25, 0.3) is 0 Å². The van der Waals surface area contributed by atoms with Crippen molar-refractivity contribution < 1.29 is 9.47 Å². The van der Waals surface area contributed by atoms with Crippen molar-refractivity contribution in [2.24, 2.45) is 0 Å². The molecule has 1 aliphatic rings. The Hall–Kier alpha value is -0.860. The minimum Gasteiger partial charge on any atom is -0.353 e. The molecule has 0 bridgehead atoms. The Morgan fingerprint density at radius 2 is 1.78 bits per heavy atom. The van der Waals surface area contributed by atoms with E-state index in [2.05, 4.69) is 20.1 Å². The van der Waals surface area contributed by atoms with E-state index in [9.17, 15) is 0 Å². The van der Waals surface area contributed by atoms with Gasteiger partial charge in [-0.05, 0) is 51.4 Å². The van der Waals surface area contributed by atoms with Crippen LogP contribution in [0.3, 0.4) is 0 Å². The summed E-state index contributed by atoms with van der Waals surface area (Å²) in [5.41, 5.74) is 3.04.